The molecule has 0 spiro atoms. The number of carbonyl (C=O) groups excluding carboxylic acids is 2. The molecule has 3 saturated heterocycles. The van der Waals surface area contributed by atoms with Crippen LogP contribution in [-0.4, -0.2) is 46.5 Å². The highest BCUT2D eigenvalue weighted by Gasteiger charge is 2.52. The molecule has 0 radical (unpaired) electrons. The lowest BCUT2D eigenvalue weighted by Gasteiger charge is -2.30. The highest BCUT2D eigenvalue weighted by Crippen LogP contribution is 2.47. The Bertz CT molecular complexity index is 674. The number of para-hydroxylation sites is 2. The summed E-state index contributed by atoms with van der Waals surface area (Å²) in [6.07, 6.45) is 3.78. The van der Waals surface area contributed by atoms with Gasteiger partial charge in [-0.05, 0) is 38.3 Å². The van der Waals surface area contributed by atoms with Crippen LogP contribution in [0.2, 0.25) is 0 Å². The van der Waals surface area contributed by atoms with Gasteiger partial charge in [0.2, 0.25) is 11.8 Å². The van der Waals surface area contributed by atoms with Gasteiger partial charge >= 0.3 is 0 Å². The van der Waals surface area contributed by atoms with Gasteiger partial charge in [-0.1, -0.05) is 12.1 Å². The van der Waals surface area contributed by atoms with E-state index in [0.29, 0.717) is 12.2 Å². The molecule has 6 heteroatoms. The summed E-state index contributed by atoms with van der Waals surface area (Å²) in [5, 5.41) is 3.09. The SMILES string of the molecule is CC12CCC(=O)N1C(C(=O)Nc1ccccc1N1CCCC1)CS2. The lowest BCUT2D eigenvalue weighted by atomic mass is 10.2. The zero-order valence-corrected chi connectivity index (χ0v) is 14.8. The number of thioether (sulfide) groups is 1. The molecule has 0 saturated carbocycles. The van der Waals surface area contributed by atoms with E-state index >= 15 is 0 Å². The number of amides is 2. The van der Waals surface area contributed by atoms with Gasteiger partial charge in [-0.2, -0.15) is 0 Å². The molecule has 4 rings (SSSR count). The van der Waals surface area contributed by atoms with Crippen molar-refractivity contribution < 1.29 is 9.59 Å². The van der Waals surface area contributed by atoms with Crippen LogP contribution in [0.15, 0.2) is 24.3 Å². The zero-order chi connectivity index (χ0) is 16.7. The number of fused-ring (bicyclic) bond motifs is 1. The first kappa shape index (κ1) is 15.8. The van der Waals surface area contributed by atoms with Crippen LogP contribution >= 0.6 is 11.8 Å². The van der Waals surface area contributed by atoms with E-state index in [9.17, 15) is 9.59 Å². The van der Waals surface area contributed by atoms with Gasteiger partial charge in [-0.15, -0.1) is 11.8 Å². The third kappa shape index (κ3) is 2.57. The molecule has 24 heavy (non-hydrogen) atoms. The van der Waals surface area contributed by atoms with Crippen molar-refractivity contribution in [1.29, 1.82) is 0 Å². The van der Waals surface area contributed by atoms with Crippen LogP contribution in [0.3, 0.4) is 0 Å². The highest BCUT2D eigenvalue weighted by atomic mass is 32.2. The Kier molecular flexibility index (Phi) is 3.95. The van der Waals surface area contributed by atoms with E-state index in [0.717, 1.165) is 30.9 Å². The summed E-state index contributed by atoms with van der Waals surface area (Å²) >= 11 is 1.73. The Morgan fingerprint density at radius 2 is 2.04 bits per heavy atom. The van der Waals surface area contributed by atoms with Crippen LogP contribution < -0.4 is 10.2 Å². The molecule has 3 aliphatic heterocycles. The molecule has 128 valence electrons. The number of nitrogens with one attached hydrogen (secondary N) is 1. The van der Waals surface area contributed by atoms with Crippen LogP contribution in [0.4, 0.5) is 11.4 Å². The van der Waals surface area contributed by atoms with Gasteiger partial charge in [-0.3, -0.25) is 9.59 Å². The summed E-state index contributed by atoms with van der Waals surface area (Å²) in [7, 11) is 0. The van der Waals surface area contributed by atoms with Crippen molar-refractivity contribution in [3.8, 4) is 0 Å². The predicted molar refractivity (Wildman–Crippen MR) is 97.2 cm³/mol. The summed E-state index contributed by atoms with van der Waals surface area (Å²) < 4.78 is 0. The Morgan fingerprint density at radius 1 is 1.29 bits per heavy atom. The second kappa shape index (κ2) is 5.99. The molecule has 0 bridgehead atoms. The van der Waals surface area contributed by atoms with Gasteiger partial charge in [0.25, 0.3) is 0 Å². The van der Waals surface area contributed by atoms with Crippen LogP contribution in [0.1, 0.15) is 32.6 Å². The monoisotopic (exact) mass is 345 g/mol. The molecule has 0 aliphatic carbocycles. The summed E-state index contributed by atoms with van der Waals surface area (Å²) in [4.78, 5) is 29.0. The molecule has 1 aromatic rings. The van der Waals surface area contributed by atoms with Gasteiger partial charge < -0.3 is 15.1 Å². The maximum absolute atomic E-state index is 12.9. The number of rotatable bonds is 3. The molecule has 3 aliphatic rings. The number of nitrogens with zero attached hydrogens (tertiary/aromatic N) is 2. The van der Waals surface area contributed by atoms with E-state index in [1.165, 1.54) is 12.8 Å². The van der Waals surface area contributed by atoms with Gasteiger partial charge in [0.05, 0.1) is 16.2 Å². The number of hydrogen-bond donors (Lipinski definition) is 1. The standard InChI is InChI=1S/C18H23N3O2S/c1-18-9-8-16(22)21(18)15(12-24-18)17(23)19-13-6-2-3-7-14(13)20-10-4-5-11-20/h2-3,6-7,15H,4-5,8-12H2,1H3,(H,19,23). The number of benzene rings is 1. The average Bonchev–Trinajstić information content (AvgIpc) is 3.26. The third-order valence-electron chi connectivity index (χ3n) is 5.36. The average molecular weight is 345 g/mol. The molecule has 2 unspecified atom stereocenters. The van der Waals surface area contributed by atoms with Gasteiger partial charge in [0.15, 0.2) is 0 Å². The fourth-order valence-electron chi connectivity index (χ4n) is 4.04. The quantitative estimate of drug-likeness (QED) is 0.915. The van der Waals surface area contributed by atoms with E-state index in [4.69, 9.17) is 0 Å². The molecule has 3 fully saturated rings. The van der Waals surface area contributed by atoms with Crippen LogP contribution in [0.5, 0.6) is 0 Å². The first-order valence-electron chi connectivity index (χ1n) is 8.69. The lowest BCUT2D eigenvalue weighted by Crippen LogP contribution is -2.48. The van der Waals surface area contributed by atoms with Crippen molar-refractivity contribution in [2.45, 2.75) is 43.5 Å². The molecule has 2 atom stereocenters. The van der Waals surface area contributed by atoms with Crippen molar-refractivity contribution in [3.63, 3.8) is 0 Å². The van der Waals surface area contributed by atoms with E-state index in [1.807, 2.05) is 23.1 Å². The topological polar surface area (TPSA) is 52.7 Å². The fourth-order valence-corrected chi connectivity index (χ4v) is 5.48. The second-order valence-corrected chi connectivity index (χ2v) is 8.47. The van der Waals surface area contributed by atoms with Crippen molar-refractivity contribution in [2.75, 3.05) is 29.1 Å². The molecule has 5 nitrogen and oxygen atoms in total. The highest BCUT2D eigenvalue weighted by molar-refractivity contribution is 8.01. The van der Waals surface area contributed by atoms with Crippen LogP contribution in [-0.2, 0) is 9.59 Å². The van der Waals surface area contributed by atoms with E-state index in [-0.39, 0.29) is 22.7 Å². The fraction of sp³-hybridized carbons (Fsp3) is 0.556. The minimum atomic E-state index is -0.360. The number of carbonyl (C=O) groups is 2. The largest absolute Gasteiger partial charge is 0.370 e. The summed E-state index contributed by atoms with van der Waals surface area (Å²) in [5.74, 6) is 0.726. The van der Waals surface area contributed by atoms with Crippen molar-refractivity contribution >= 4 is 35.0 Å². The summed E-state index contributed by atoms with van der Waals surface area (Å²) in [5.41, 5.74) is 1.94. The smallest absolute Gasteiger partial charge is 0.248 e. The van der Waals surface area contributed by atoms with Gasteiger partial charge in [0, 0.05) is 25.3 Å². The van der Waals surface area contributed by atoms with Crippen LogP contribution in [0.25, 0.3) is 0 Å². The Morgan fingerprint density at radius 3 is 2.83 bits per heavy atom. The molecule has 1 N–H and O–H groups in total. The number of anilines is 2. The normalized spacial score (nSPS) is 29.2. The van der Waals surface area contributed by atoms with Gasteiger partial charge in [-0.25, -0.2) is 0 Å². The maximum atomic E-state index is 12.9. The molecular formula is C18H23N3O2S. The number of hydrogen-bond acceptors (Lipinski definition) is 4. The van der Waals surface area contributed by atoms with E-state index in [2.05, 4.69) is 23.2 Å². The minimum absolute atomic E-state index is 0.0619. The second-order valence-electron chi connectivity index (χ2n) is 6.97. The molecule has 0 aromatic heterocycles. The van der Waals surface area contributed by atoms with Crippen molar-refractivity contribution in [1.82, 2.24) is 4.90 Å². The van der Waals surface area contributed by atoms with Crippen molar-refractivity contribution in [3.05, 3.63) is 24.3 Å². The lowest BCUT2D eigenvalue weighted by molar-refractivity contribution is -0.135. The maximum Gasteiger partial charge on any atom is 0.248 e. The molecule has 1 aromatic carbocycles. The van der Waals surface area contributed by atoms with Crippen LogP contribution in [0, 0.1) is 0 Å². The van der Waals surface area contributed by atoms with Crippen molar-refractivity contribution in [2.24, 2.45) is 0 Å². The molecule has 3 heterocycles. The zero-order valence-electron chi connectivity index (χ0n) is 14.0. The Balaban J connectivity index is 1.54. The third-order valence-corrected chi connectivity index (χ3v) is 6.86. The molecule has 2 amide bonds. The first-order valence-corrected chi connectivity index (χ1v) is 9.68. The Hall–Kier alpha value is -1.69. The van der Waals surface area contributed by atoms with E-state index < -0.39 is 0 Å². The summed E-state index contributed by atoms with van der Waals surface area (Å²) in [6, 6.07) is 7.62. The van der Waals surface area contributed by atoms with Gasteiger partial charge in [0.1, 0.15) is 6.04 Å². The molecular weight excluding hydrogens is 322 g/mol. The predicted octanol–water partition coefficient (Wildman–Crippen LogP) is 2.68. The first-order chi connectivity index (χ1) is 11.6. The van der Waals surface area contributed by atoms with E-state index in [1.54, 1.807) is 11.8 Å². The Labute approximate surface area is 146 Å². The summed E-state index contributed by atoms with van der Waals surface area (Å²) in [6.45, 7) is 4.15. The minimum Gasteiger partial charge on any atom is -0.370 e.